The molecular weight excluding hydrogens is 270 g/mol. The van der Waals surface area contributed by atoms with Crippen LogP contribution in [0.4, 0.5) is 5.82 Å². The van der Waals surface area contributed by atoms with Crippen LogP contribution in [0.3, 0.4) is 0 Å². The summed E-state index contributed by atoms with van der Waals surface area (Å²) < 4.78 is 0. The van der Waals surface area contributed by atoms with E-state index in [2.05, 4.69) is 35.6 Å². The zero-order valence-electron chi connectivity index (χ0n) is 13.6. The molecule has 0 fully saturated rings. The van der Waals surface area contributed by atoms with Crippen molar-refractivity contribution < 1.29 is 0 Å². The Morgan fingerprint density at radius 3 is 2.68 bits per heavy atom. The number of allylic oxidation sites excluding steroid dienone is 7. The molecule has 3 heteroatoms. The van der Waals surface area contributed by atoms with Crippen LogP contribution in [0.5, 0.6) is 0 Å². The number of nitrogens with zero attached hydrogens (tertiary/aromatic N) is 2. The predicted octanol–water partition coefficient (Wildman–Crippen LogP) is 5.50. The van der Waals surface area contributed by atoms with Gasteiger partial charge in [0.05, 0.1) is 6.07 Å². The number of nitrogens with one attached hydrogen (secondary N) is 1. The maximum absolute atomic E-state index is 9.01. The van der Waals surface area contributed by atoms with Gasteiger partial charge in [0.2, 0.25) is 0 Å². The Kier molecular flexibility index (Phi) is 7.42. The van der Waals surface area contributed by atoms with Crippen LogP contribution in [0.1, 0.15) is 39.3 Å². The quantitative estimate of drug-likeness (QED) is 0.402. The Morgan fingerprint density at radius 1 is 1.36 bits per heavy atom. The van der Waals surface area contributed by atoms with Gasteiger partial charge in [-0.1, -0.05) is 38.2 Å². The molecule has 1 N–H and O–H groups in total. The van der Waals surface area contributed by atoms with E-state index in [4.69, 9.17) is 5.26 Å². The van der Waals surface area contributed by atoms with Crippen LogP contribution in [0.15, 0.2) is 59.2 Å². The third kappa shape index (κ3) is 5.06. The highest BCUT2D eigenvalue weighted by Crippen LogP contribution is 2.21. The summed E-state index contributed by atoms with van der Waals surface area (Å²) in [5.74, 6) is 0.789. The van der Waals surface area contributed by atoms with Gasteiger partial charge in [-0.15, -0.1) is 0 Å². The number of hydrogen-bond donors (Lipinski definition) is 1. The Morgan fingerprint density at radius 2 is 2.14 bits per heavy atom. The first-order chi connectivity index (χ1) is 10.7. The van der Waals surface area contributed by atoms with Gasteiger partial charge < -0.3 is 4.98 Å². The topological polar surface area (TPSA) is 51.9 Å². The predicted molar refractivity (Wildman–Crippen MR) is 95.2 cm³/mol. The summed E-state index contributed by atoms with van der Waals surface area (Å²) in [5.41, 5.74) is 3.60. The molecule has 1 heterocycles. The Balaban J connectivity index is 2.98. The largest absolute Gasteiger partial charge is 0.340 e. The molecule has 0 saturated carbocycles. The molecule has 114 valence electrons. The van der Waals surface area contributed by atoms with Crippen molar-refractivity contribution in [3.8, 4) is 6.07 Å². The molecule has 22 heavy (non-hydrogen) atoms. The van der Waals surface area contributed by atoms with Crippen LogP contribution in [0, 0.1) is 11.3 Å². The van der Waals surface area contributed by atoms with Gasteiger partial charge in [0, 0.05) is 17.5 Å². The molecule has 3 nitrogen and oxygen atoms in total. The van der Waals surface area contributed by atoms with E-state index in [1.54, 1.807) is 18.2 Å². The highest BCUT2D eigenvalue weighted by atomic mass is 14.9. The Hall–Kier alpha value is -2.60. The molecule has 1 aromatic heterocycles. The zero-order chi connectivity index (χ0) is 16.4. The van der Waals surface area contributed by atoms with E-state index in [0.29, 0.717) is 5.57 Å². The maximum atomic E-state index is 9.01. The second-order valence-electron chi connectivity index (χ2n) is 4.79. The normalized spacial score (nSPS) is 13.5. The number of nitriles is 1. The van der Waals surface area contributed by atoms with E-state index in [1.165, 1.54) is 5.57 Å². The van der Waals surface area contributed by atoms with Crippen LogP contribution < -0.4 is 0 Å². The van der Waals surface area contributed by atoms with E-state index >= 15 is 0 Å². The lowest BCUT2D eigenvalue weighted by molar-refractivity contribution is 0.937. The lowest BCUT2D eigenvalue weighted by Crippen LogP contribution is -1.84. The summed E-state index contributed by atoms with van der Waals surface area (Å²) in [7, 11) is 0. The zero-order valence-corrected chi connectivity index (χ0v) is 13.6. The van der Waals surface area contributed by atoms with Crippen molar-refractivity contribution in [2.24, 2.45) is 4.99 Å². The minimum atomic E-state index is 0.605. The number of aromatic nitrogens is 1. The van der Waals surface area contributed by atoms with Crippen LogP contribution >= 0.6 is 0 Å². The number of aromatic amines is 1. The van der Waals surface area contributed by atoms with Crippen LogP contribution in [0.2, 0.25) is 0 Å². The van der Waals surface area contributed by atoms with Crippen LogP contribution in [0.25, 0.3) is 5.57 Å². The van der Waals surface area contributed by atoms with Crippen molar-refractivity contribution in [3.05, 3.63) is 59.9 Å². The Labute approximate surface area is 133 Å². The summed E-state index contributed by atoms with van der Waals surface area (Å²) >= 11 is 0. The minimum absolute atomic E-state index is 0.605. The molecule has 0 atom stereocenters. The molecule has 0 unspecified atom stereocenters. The van der Waals surface area contributed by atoms with Gasteiger partial charge in [-0.25, -0.2) is 4.99 Å². The molecule has 0 saturated heterocycles. The molecule has 1 aromatic rings. The van der Waals surface area contributed by atoms with Crippen molar-refractivity contribution in [1.82, 2.24) is 4.98 Å². The van der Waals surface area contributed by atoms with E-state index in [9.17, 15) is 0 Å². The van der Waals surface area contributed by atoms with Gasteiger partial charge in [0.25, 0.3) is 0 Å². The highest BCUT2D eigenvalue weighted by molar-refractivity contribution is 5.81. The first-order valence-corrected chi connectivity index (χ1v) is 7.47. The highest BCUT2D eigenvalue weighted by Gasteiger charge is 2.02. The van der Waals surface area contributed by atoms with Crippen molar-refractivity contribution in [3.63, 3.8) is 0 Å². The van der Waals surface area contributed by atoms with E-state index in [0.717, 1.165) is 29.9 Å². The van der Waals surface area contributed by atoms with Crippen molar-refractivity contribution in [2.45, 2.75) is 33.6 Å². The van der Waals surface area contributed by atoms with Gasteiger partial charge in [-0.3, -0.25) is 0 Å². The van der Waals surface area contributed by atoms with Crippen molar-refractivity contribution >= 4 is 17.6 Å². The third-order valence-electron chi connectivity index (χ3n) is 3.23. The molecule has 0 radical (unpaired) electrons. The van der Waals surface area contributed by atoms with Crippen LogP contribution in [-0.4, -0.2) is 11.2 Å². The van der Waals surface area contributed by atoms with Gasteiger partial charge in [0.15, 0.2) is 0 Å². The molecule has 0 spiro atoms. The first-order valence-electron chi connectivity index (χ1n) is 7.47. The second kappa shape index (κ2) is 9.36. The fraction of sp³-hybridized carbons (Fsp3) is 0.263. The van der Waals surface area contributed by atoms with Gasteiger partial charge in [-0.2, -0.15) is 5.26 Å². The van der Waals surface area contributed by atoms with Crippen molar-refractivity contribution in [1.29, 1.82) is 5.26 Å². The Bertz CT molecular complexity index is 661. The molecular formula is C19H23N3. The number of rotatable bonds is 7. The van der Waals surface area contributed by atoms with Crippen molar-refractivity contribution in [2.75, 3.05) is 0 Å². The van der Waals surface area contributed by atoms with E-state index < -0.39 is 0 Å². The second-order valence-corrected chi connectivity index (χ2v) is 4.79. The lowest BCUT2D eigenvalue weighted by Gasteiger charge is -1.99. The summed E-state index contributed by atoms with van der Waals surface area (Å²) in [6, 6.07) is 6.01. The summed E-state index contributed by atoms with van der Waals surface area (Å²) in [6.07, 6.45) is 11.4. The average Bonchev–Trinajstić information content (AvgIpc) is 3.01. The smallest absolute Gasteiger partial charge is 0.130 e. The monoisotopic (exact) mass is 293 g/mol. The number of aliphatic imine (C=N–C) groups is 1. The molecule has 0 aliphatic rings. The van der Waals surface area contributed by atoms with Gasteiger partial charge in [0.1, 0.15) is 5.82 Å². The minimum Gasteiger partial charge on any atom is -0.340 e. The molecule has 0 aliphatic carbocycles. The van der Waals surface area contributed by atoms with E-state index in [-0.39, 0.29) is 0 Å². The first kappa shape index (κ1) is 17.5. The molecule has 0 aromatic carbocycles. The summed E-state index contributed by atoms with van der Waals surface area (Å²) in [5, 5.41) is 9.01. The maximum Gasteiger partial charge on any atom is 0.130 e. The molecule has 0 bridgehead atoms. The molecule has 0 amide bonds. The third-order valence-corrected chi connectivity index (χ3v) is 3.23. The average molecular weight is 293 g/mol. The fourth-order valence-electron chi connectivity index (χ4n) is 1.95. The molecule has 0 aliphatic heterocycles. The lowest BCUT2D eigenvalue weighted by atomic mass is 10.1. The fourth-order valence-corrected chi connectivity index (χ4v) is 1.95. The summed E-state index contributed by atoms with van der Waals surface area (Å²) in [6.45, 7) is 9.82. The number of hydrogen-bond acceptors (Lipinski definition) is 2. The van der Waals surface area contributed by atoms with Gasteiger partial charge in [-0.05, 0) is 49.6 Å². The molecule has 1 rings (SSSR count). The van der Waals surface area contributed by atoms with Crippen LogP contribution in [-0.2, 0) is 0 Å². The number of H-pyrrole nitrogens is 1. The SMILES string of the molecule is C=C/C(=C\C(C#N)=C/C)c1ccc(N=C/C(=C\C)CCC)[nH]1. The van der Waals surface area contributed by atoms with Gasteiger partial charge >= 0.3 is 0 Å². The van der Waals surface area contributed by atoms with E-state index in [1.807, 2.05) is 32.2 Å². The summed E-state index contributed by atoms with van der Waals surface area (Å²) in [4.78, 5) is 7.70. The standard InChI is InChI=1S/C19H23N3/c1-5-9-15(6-2)14-21-19-11-10-18(22-19)17(8-4)12-16(7-3)13-20/h6-8,10-12,14,22H,4-5,9H2,1-3H3/b15-6-,16-7+,17-12+,21-14?.